The molecule has 6 nitrogen and oxygen atoms in total. The van der Waals surface area contributed by atoms with Gasteiger partial charge in [-0.15, -0.1) is 23.2 Å². The highest BCUT2D eigenvalue weighted by Crippen LogP contribution is 2.20. The third-order valence-electron chi connectivity index (χ3n) is 3.67. The number of anilines is 2. The Hall–Kier alpha value is -2.44. The number of hydrogen-bond acceptors (Lipinski definition) is 5. The Labute approximate surface area is 168 Å². The molecule has 0 spiro atoms. The van der Waals surface area contributed by atoms with Crippen molar-refractivity contribution in [3.05, 3.63) is 54.1 Å². The van der Waals surface area contributed by atoms with Gasteiger partial charge in [-0.05, 0) is 48.5 Å². The average Bonchev–Trinajstić information content (AvgIpc) is 2.68. The highest BCUT2D eigenvalue weighted by atomic mass is 35.5. The number of hydrogen-bond donors (Lipinski definition) is 1. The van der Waals surface area contributed by atoms with E-state index in [1.54, 1.807) is 36.4 Å². The van der Waals surface area contributed by atoms with Crippen molar-refractivity contribution in [3.8, 4) is 5.75 Å². The number of rotatable bonds is 8. The van der Waals surface area contributed by atoms with Crippen LogP contribution in [0.5, 0.6) is 5.75 Å². The maximum absolute atomic E-state index is 12.0. The number of carbonyl (C=O) groups is 2. The average molecular weight is 411 g/mol. The molecule has 0 saturated heterocycles. The molecule has 0 atom stereocenters. The molecule has 0 saturated carbocycles. The predicted molar refractivity (Wildman–Crippen MR) is 108 cm³/mol. The van der Waals surface area contributed by atoms with Crippen LogP contribution < -0.4 is 15.0 Å². The number of methoxy groups -OCH3 is 1. The van der Waals surface area contributed by atoms with Gasteiger partial charge in [-0.25, -0.2) is 9.59 Å². The number of ether oxygens (including phenoxy) is 2. The first-order chi connectivity index (χ1) is 13.1. The van der Waals surface area contributed by atoms with Crippen LogP contribution in [-0.2, 0) is 4.74 Å². The third-order valence-corrected chi connectivity index (χ3v) is 4.01. The van der Waals surface area contributed by atoms with Gasteiger partial charge in [0, 0.05) is 36.2 Å². The monoisotopic (exact) mass is 410 g/mol. The van der Waals surface area contributed by atoms with Crippen LogP contribution in [-0.4, -0.2) is 44.0 Å². The molecule has 0 aliphatic rings. The molecular weight excluding hydrogens is 391 g/mol. The van der Waals surface area contributed by atoms with Gasteiger partial charge in [-0.2, -0.15) is 0 Å². The molecule has 0 bridgehead atoms. The minimum Gasteiger partial charge on any atom is -0.465 e. The lowest BCUT2D eigenvalue weighted by Gasteiger charge is -2.22. The molecule has 0 unspecified atom stereocenters. The highest BCUT2D eigenvalue weighted by molar-refractivity contribution is 6.18. The number of carbonyl (C=O) groups excluding carboxylic acids is 2. The van der Waals surface area contributed by atoms with Crippen molar-refractivity contribution in [2.45, 2.75) is 0 Å². The van der Waals surface area contributed by atoms with Crippen LogP contribution in [0.4, 0.5) is 16.2 Å². The topological polar surface area (TPSA) is 67.9 Å². The molecule has 1 amide bonds. The maximum atomic E-state index is 12.0. The van der Waals surface area contributed by atoms with E-state index < -0.39 is 12.1 Å². The first-order valence-electron chi connectivity index (χ1n) is 8.21. The zero-order valence-electron chi connectivity index (χ0n) is 14.8. The SMILES string of the molecule is COC(=O)c1ccc(NC(=O)Oc2ccc(N(CCCl)CCCl)cc2)cc1. The fraction of sp³-hybridized carbons (Fsp3) is 0.263. The fourth-order valence-corrected chi connectivity index (χ4v) is 2.77. The van der Waals surface area contributed by atoms with Crippen molar-refractivity contribution in [3.63, 3.8) is 0 Å². The molecule has 27 heavy (non-hydrogen) atoms. The first-order valence-corrected chi connectivity index (χ1v) is 9.28. The predicted octanol–water partition coefficient (Wildman–Crippen LogP) is 4.37. The Morgan fingerprint density at radius 1 is 0.963 bits per heavy atom. The van der Waals surface area contributed by atoms with Crippen LogP contribution in [0.1, 0.15) is 10.4 Å². The summed E-state index contributed by atoms with van der Waals surface area (Å²) < 4.78 is 9.88. The van der Waals surface area contributed by atoms with E-state index in [1.807, 2.05) is 17.0 Å². The summed E-state index contributed by atoms with van der Waals surface area (Å²) in [5.74, 6) is 0.944. The molecule has 2 rings (SSSR count). The van der Waals surface area contributed by atoms with Gasteiger partial charge in [-0.1, -0.05) is 0 Å². The lowest BCUT2D eigenvalue weighted by molar-refractivity contribution is 0.0600. The molecule has 0 heterocycles. The summed E-state index contributed by atoms with van der Waals surface area (Å²) in [6, 6.07) is 13.4. The number of esters is 1. The van der Waals surface area contributed by atoms with Crippen molar-refractivity contribution < 1.29 is 19.1 Å². The van der Waals surface area contributed by atoms with E-state index >= 15 is 0 Å². The number of alkyl halides is 2. The van der Waals surface area contributed by atoms with Crippen LogP contribution in [0, 0.1) is 0 Å². The number of nitrogens with zero attached hydrogens (tertiary/aromatic N) is 1. The minimum atomic E-state index is -0.632. The summed E-state index contributed by atoms with van der Waals surface area (Å²) in [5.41, 5.74) is 1.84. The Kier molecular flexibility index (Phi) is 8.23. The number of nitrogens with one attached hydrogen (secondary N) is 1. The van der Waals surface area contributed by atoms with E-state index in [4.69, 9.17) is 27.9 Å². The van der Waals surface area contributed by atoms with Crippen LogP contribution in [0.2, 0.25) is 0 Å². The van der Waals surface area contributed by atoms with Crippen molar-refractivity contribution in [2.24, 2.45) is 0 Å². The van der Waals surface area contributed by atoms with E-state index in [1.165, 1.54) is 7.11 Å². The number of halogens is 2. The maximum Gasteiger partial charge on any atom is 0.417 e. The highest BCUT2D eigenvalue weighted by Gasteiger charge is 2.09. The van der Waals surface area contributed by atoms with Gasteiger partial charge < -0.3 is 14.4 Å². The Balaban J connectivity index is 1.94. The van der Waals surface area contributed by atoms with Crippen LogP contribution >= 0.6 is 23.2 Å². The Morgan fingerprint density at radius 3 is 2.07 bits per heavy atom. The van der Waals surface area contributed by atoms with Crippen molar-refractivity contribution in [2.75, 3.05) is 42.2 Å². The molecule has 2 aromatic rings. The molecule has 1 N–H and O–H groups in total. The fourth-order valence-electron chi connectivity index (χ4n) is 2.36. The van der Waals surface area contributed by atoms with Gasteiger partial charge in [0.1, 0.15) is 5.75 Å². The molecule has 0 aliphatic heterocycles. The summed E-state index contributed by atoms with van der Waals surface area (Å²) in [4.78, 5) is 25.5. The summed E-state index contributed by atoms with van der Waals surface area (Å²) in [6.07, 6.45) is -0.632. The molecular formula is C19H20Cl2N2O4. The van der Waals surface area contributed by atoms with Crippen molar-refractivity contribution >= 4 is 46.6 Å². The molecule has 0 radical (unpaired) electrons. The molecule has 0 aliphatic carbocycles. The Bertz CT molecular complexity index is 745. The Morgan fingerprint density at radius 2 is 1.56 bits per heavy atom. The second kappa shape index (κ2) is 10.6. The second-order valence-electron chi connectivity index (χ2n) is 5.44. The number of benzene rings is 2. The van der Waals surface area contributed by atoms with E-state index in [2.05, 4.69) is 10.1 Å². The minimum absolute atomic E-state index is 0.394. The third kappa shape index (κ3) is 6.34. The van der Waals surface area contributed by atoms with E-state index in [0.29, 0.717) is 41.8 Å². The number of amides is 1. The zero-order chi connectivity index (χ0) is 19.6. The smallest absolute Gasteiger partial charge is 0.417 e. The summed E-state index contributed by atoms with van der Waals surface area (Å²) >= 11 is 11.6. The summed E-state index contributed by atoms with van der Waals surface area (Å²) in [6.45, 7) is 1.35. The van der Waals surface area contributed by atoms with E-state index in [9.17, 15) is 9.59 Å². The largest absolute Gasteiger partial charge is 0.465 e. The molecule has 2 aromatic carbocycles. The van der Waals surface area contributed by atoms with Gasteiger partial charge in [0.15, 0.2) is 0 Å². The van der Waals surface area contributed by atoms with E-state index in [-0.39, 0.29) is 0 Å². The quantitative estimate of drug-likeness (QED) is 0.516. The molecule has 8 heteroatoms. The van der Waals surface area contributed by atoms with Crippen LogP contribution in [0.3, 0.4) is 0 Å². The van der Waals surface area contributed by atoms with Crippen molar-refractivity contribution in [1.29, 1.82) is 0 Å². The second-order valence-corrected chi connectivity index (χ2v) is 6.20. The van der Waals surface area contributed by atoms with Crippen LogP contribution in [0.25, 0.3) is 0 Å². The van der Waals surface area contributed by atoms with Gasteiger partial charge in [0.2, 0.25) is 0 Å². The zero-order valence-corrected chi connectivity index (χ0v) is 16.3. The first kappa shape index (κ1) is 20.9. The van der Waals surface area contributed by atoms with Crippen LogP contribution in [0.15, 0.2) is 48.5 Å². The lowest BCUT2D eigenvalue weighted by atomic mass is 10.2. The molecule has 0 aromatic heterocycles. The standard InChI is InChI=1S/C19H20Cl2N2O4/c1-26-18(24)14-2-4-15(5-3-14)22-19(25)27-17-8-6-16(7-9-17)23(12-10-20)13-11-21/h2-9H,10-13H2,1H3,(H,22,25). The molecule has 0 fully saturated rings. The normalized spacial score (nSPS) is 10.2. The van der Waals surface area contributed by atoms with E-state index in [0.717, 1.165) is 5.69 Å². The van der Waals surface area contributed by atoms with Gasteiger partial charge >= 0.3 is 12.1 Å². The van der Waals surface area contributed by atoms with Gasteiger partial charge in [0.05, 0.1) is 12.7 Å². The molecule has 144 valence electrons. The summed E-state index contributed by atoms with van der Waals surface area (Å²) in [5, 5.41) is 2.59. The van der Waals surface area contributed by atoms with Gasteiger partial charge in [0.25, 0.3) is 0 Å². The lowest BCUT2D eigenvalue weighted by Crippen LogP contribution is -2.27. The summed E-state index contributed by atoms with van der Waals surface area (Å²) in [7, 11) is 1.31. The van der Waals surface area contributed by atoms with Gasteiger partial charge in [-0.3, -0.25) is 5.32 Å². The van der Waals surface area contributed by atoms with Crippen molar-refractivity contribution in [1.82, 2.24) is 0 Å².